The van der Waals surface area contributed by atoms with Crippen molar-refractivity contribution in [3.05, 3.63) is 29.2 Å². The summed E-state index contributed by atoms with van der Waals surface area (Å²) in [6.45, 7) is 7.64. The van der Waals surface area contributed by atoms with Gasteiger partial charge in [-0.15, -0.1) is 0 Å². The first-order valence-corrected chi connectivity index (χ1v) is 9.59. The Bertz CT molecular complexity index is 741. The Hall–Kier alpha value is -1.95. The smallest absolute Gasteiger partial charge is 0.291 e. The molecule has 1 aliphatic carbocycles. The SMILES string of the molecule is Cc1nc(C(=O)N2CC3(CC=CC3)C2)nc(N2CC[C@@H](N(C)C)C2)c1C. The summed E-state index contributed by atoms with van der Waals surface area (Å²) in [6, 6.07) is 0.536. The van der Waals surface area contributed by atoms with Crippen LogP contribution in [-0.2, 0) is 0 Å². The summed E-state index contributed by atoms with van der Waals surface area (Å²) in [4.78, 5) is 28.7. The van der Waals surface area contributed by atoms with Crippen LogP contribution in [0.15, 0.2) is 12.2 Å². The molecule has 0 saturated carbocycles. The summed E-state index contributed by atoms with van der Waals surface area (Å²) >= 11 is 0. The van der Waals surface area contributed by atoms with Crippen LogP contribution in [-0.4, -0.2) is 72.0 Å². The zero-order chi connectivity index (χ0) is 18.5. The number of rotatable bonds is 3. The van der Waals surface area contributed by atoms with E-state index in [0.29, 0.717) is 17.3 Å². The highest BCUT2D eigenvalue weighted by molar-refractivity contribution is 5.91. The van der Waals surface area contributed by atoms with E-state index in [9.17, 15) is 4.79 Å². The predicted octanol–water partition coefficient (Wildman–Crippen LogP) is 2.03. The predicted molar refractivity (Wildman–Crippen MR) is 103 cm³/mol. The average molecular weight is 355 g/mol. The van der Waals surface area contributed by atoms with Crippen molar-refractivity contribution in [3.8, 4) is 0 Å². The van der Waals surface area contributed by atoms with Crippen LogP contribution in [0.25, 0.3) is 0 Å². The van der Waals surface area contributed by atoms with Crippen LogP contribution in [0.1, 0.15) is 41.1 Å². The maximum atomic E-state index is 12.9. The lowest BCUT2D eigenvalue weighted by Gasteiger charge is -2.47. The highest BCUT2D eigenvalue weighted by atomic mass is 16.2. The molecule has 0 radical (unpaired) electrons. The number of carbonyl (C=O) groups is 1. The van der Waals surface area contributed by atoms with Gasteiger partial charge in [0.1, 0.15) is 5.82 Å². The fraction of sp³-hybridized carbons (Fsp3) is 0.650. The van der Waals surface area contributed by atoms with E-state index in [2.05, 4.69) is 48.0 Å². The minimum absolute atomic E-state index is 0.0183. The number of carbonyl (C=O) groups excluding carboxylic acids is 1. The number of amides is 1. The maximum Gasteiger partial charge on any atom is 0.291 e. The summed E-state index contributed by atoms with van der Waals surface area (Å²) in [5, 5.41) is 0. The fourth-order valence-electron chi connectivity index (χ4n) is 4.43. The molecule has 2 fully saturated rings. The summed E-state index contributed by atoms with van der Waals surface area (Å²) < 4.78 is 0. The van der Waals surface area contributed by atoms with E-state index >= 15 is 0 Å². The molecule has 2 aliphatic heterocycles. The number of allylic oxidation sites excluding steroid dienone is 2. The van der Waals surface area contributed by atoms with Gasteiger partial charge in [-0.25, -0.2) is 9.97 Å². The summed E-state index contributed by atoms with van der Waals surface area (Å²) in [5.74, 6) is 1.27. The van der Waals surface area contributed by atoms with Crippen molar-refractivity contribution in [2.24, 2.45) is 5.41 Å². The molecule has 4 rings (SSSR count). The molecule has 26 heavy (non-hydrogen) atoms. The van der Waals surface area contributed by atoms with E-state index in [-0.39, 0.29) is 5.91 Å². The van der Waals surface area contributed by atoms with E-state index in [1.54, 1.807) is 0 Å². The minimum Gasteiger partial charge on any atom is -0.355 e. The van der Waals surface area contributed by atoms with E-state index in [1.807, 2.05) is 11.8 Å². The van der Waals surface area contributed by atoms with Gasteiger partial charge < -0.3 is 14.7 Å². The average Bonchev–Trinajstić information content (AvgIpc) is 3.24. The van der Waals surface area contributed by atoms with Crippen molar-refractivity contribution in [3.63, 3.8) is 0 Å². The zero-order valence-corrected chi connectivity index (χ0v) is 16.3. The van der Waals surface area contributed by atoms with Crippen LogP contribution >= 0.6 is 0 Å². The van der Waals surface area contributed by atoms with Crippen molar-refractivity contribution < 1.29 is 4.79 Å². The van der Waals surface area contributed by atoms with Crippen LogP contribution in [0, 0.1) is 19.3 Å². The number of likely N-dealkylation sites (N-methyl/N-ethyl adjacent to an activating group) is 1. The van der Waals surface area contributed by atoms with Crippen molar-refractivity contribution in [2.75, 3.05) is 45.2 Å². The lowest BCUT2D eigenvalue weighted by molar-refractivity contribution is 0.0113. The van der Waals surface area contributed by atoms with Crippen molar-refractivity contribution in [2.45, 2.75) is 39.2 Å². The third kappa shape index (κ3) is 2.90. The number of nitrogens with zero attached hydrogens (tertiary/aromatic N) is 5. The van der Waals surface area contributed by atoms with E-state index < -0.39 is 0 Å². The van der Waals surface area contributed by atoms with Gasteiger partial charge in [0.2, 0.25) is 5.82 Å². The Balaban J connectivity index is 1.53. The number of aryl methyl sites for hydroxylation is 1. The Labute approximate surface area is 155 Å². The Kier molecular flexibility index (Phi) is 4.26. The van der Waals surface area contributed by atoms with Gasteiger partial charge in [-0.3, -0.25) is 4.79 Å². The molecule has 0 bridgehead atoms. The molecule has 0 N–H and O–H groups in total. The van der Waals surface area contributed by atoms with Gasteiger partial charge in [-0.1, -0.05) is 12.2 Å². The lowest BCUT2D eigenvalue weighted by atomic mass is 9.77. The monoisotopic (exact) mass is 355 g/mol. The van der Waals surface area contributed by atoms with Crippen LogP contribution in [0.4, 0.5) is 5.82 Å². The second-order valence-corrected chi connectivity index (χ2v) is 8.47. The Morgan fingerprint density at radius 2 is 1.88 bits per heavy atom. The van der Waals surface area contributed by atoms with Crippen LogP contribution < -0.4 is 4.90 Å². The zero-order valence-electron chi connectivity index (χ0n) is 16.3. The first kappa shape index (κ1) is 17.5. The molecule has 6 nitrogen and oxygen atoms in total. The van der Waals surface area contributed by atoms with Gasteiger partial charge >= 0.3 is 0 Å². The van der Waals surface area contributed by atoms with Crippen molar-refractivity contribution in [1.29, 1.82) is 0 Å². The Morgan fingerprint density at radius 1 is 1.19 bits per heavy atom. The molecule has 6 heteroatoms. The van der Waals surface area contributed by atoms with Crippen LogP contribution in [0.2, 0.25) is 0 Å². The molecule has 2 saturated heterocycles. The van der Waals surface area contributed by atoms with Crippen LogP contribution in [0.5, 0.6) is 0 Å². The standard InChI is InChI=1S/C20H29N5O/c1-14-15(2)21-17(19(26)25-12-20(13-25)8-5-6-9-20)22-18(14)24-10-7-16(11-24)23(3)4/h5-6,16H,7-13H2,1-4H3/t16-/m1/s1. The molecule has 3 aliphatic rings. The van der Waals surface area contributed by atoms with Gasteiger partial charge in [-0.05, 0) is 47.2 Å². The molecule has 1 spiro atoms. The van der Waals surface area contributed by atoms with E-state index in [1.165, 1.54) is 0 Å². The largest absolute Gasteiger partial charge is 0.355 e. The molecule has 1 amide bonds. The van der Waals surface area contributed by atoms with E-state index in [0.717, 1.165) is 62.5 Å². The highest BCUT2D eigenvalue weighted by Gasteiger charge is 2.46. The van der Waals surface area contributed by atoms with Gasteiger partial charge in [-0.2, -0.15) is 0 Å². The molecular weight excluding hydrogens is 326 g/mol. The third-order valence-electron chi connectivity index (χ3n) is 6.36. The van der Waals surface area contributed by atoms with Crippen LogP contribution in [0.3, 0.4) is 0 Å². The quantitative estimate of drug-likeness (QED) is 0.777. The van der Waals surface area contributed by atoms with Crippen molar-refractivity contribution in [1.82, 2.24) is 19.8 Å². The lowest BCUT2D eigenvalue weighted by Crippen LogP contribution is -2.57. The van der Waals surface area contributed by atoms with Crippen molar-refractivity contribution >= 4 is 11.7 Å². The molecule has 0 unspecified atom stereocenters. The number of aromatic nitrogens is 2. The molecule has 0 aromatic carbocycles. The first-order valence-electron chi connectivity index (χ1n) is 9.59. The second-order valence-electron chi connectivity index (χ2n) is 8.47. The molecule has 1 aromatic rings. The molecule has 3 heterocycles. The molecule has 1 aromatic heterocycles. The topological polar surface area (TPSA) is 52.6 Å². The van der Waals surface area contributed by atoms with Gasteiger partial charge in [0.25, 0.3) is 5.91 Å². The number of hydrogen-bond acceptors (Lipinski definition) is 5. The Morgan fingerprint density at radius 3 is 2.50 bits per heavy atom. The first-order chi connectivity index (χ1) is 12.4. The van der Waals surface area contributed by atoms with E-state index in [4.69, 9.17) is 4.98 Å². The van der Waals surface area contributed by atoms with Gasteiger partial charge in [0, 0.05) is 48.9 Å². The van der Waals surface area contributed by atoms with Gasteiger partial charge in [0.15, 0.2) is 0 Å². The second kappa shape index (κ2) is 6.34. The van der Waals surface area contributed by atoms with Gasteiger partial charge in [0.05, 0.1) is 0 Å². The summed E-state index contributed by atoms with van der Waals surface area (Å²) in [7, 11) is 4.25. The highest BCUT2D eigenvalue weighted by Crippen LogP contribution is 2.42. The molecule has 140 valence electrons. The fourth-order valence-corrected chi connectivity index (χ4v) is 4.43. The number of anilines is 1. The maximum absolute atomic E-state index is 12.9. The number of hydrogen-bond donors (Lipinski definition) is 0. The summed E-state index contributed by atoms with van der Waals surface area (Å²) in [6.07, 6.45) is 7.79. The normalized spacial score (nSPS) is 24.0. The third-order valence-corrected chi connectivity index (χ3v) is 6.36. The number of likely N-dealkylation sites (tertiary alicyclic amines) is 1. The molecular formula is C20H29N5O. The molecule has 1 atom stereocenters. The summed E-state index contributed by atoms with van der Waals surface area (Å²) in [5.41, 5.74) is 2.29. The minimum atomic E-state index is -0.0183.